The number of carbonyl (C=O) groups is 1. The van der Waals surface area contributed by atoms with E-state index in [4.69, 9.17) is 4.99 Å². The molecule has 1 fully saturated rings. The van der Waals surface area contributed by atoms with Crippen molar-refractivity contribution in [2.24, 2.45) is 4.99 Å². The lowest BCUT2D eigenvalue weighted by Crippen LogP contribution is -2.28. The lowest BCUT2D eigenvalue weighted by molar-refractivity contribution is -0.122. The largest absolute Gasteiger partial charge is 0.317 e. The fourth-order valence-corrected chi connectivity index (χ4v) is 6.17. The first-order valence-corrected chi connectivity index (χ1v) is 14.3. The molecule has 0 N–H and O–H groups in total. The number of nitrogens with zero attached hydrogens (tertiary/aromatic N) is 3. The Morgan fingerprint density at radius 1 is 0.838 bits per heavy atom. The fourth-order valence-electron chi connectivity index (χ4n) is 4.37. The number of amides is 1. The van der Waals surface area contributed by atoms with Crippen molar-refractivity contribution in [1.29, 1.82) is 0 Å². The number of aromatic nitrogens is 1. The van der Waals surface area contributed by atoms with Gasteiger partial charge >= 0.3 is 0 Å². The van der Waals surface area contributed by atoms with Gasteiger partial charge in [-0.15, -0.1) is 0 Å². The Morgan fingerprint density at radius 3 is 2.11 bits per heavy atom. The number of halogens is 2. The molecule has 1 aliphatic rings. The summed E-state index contributed by atoms with van der Waals surface area (Å²) in [4.78, 5) is 21.0. The van der Waals surface area contributed by atoms with Crippen LogP contribution in [0.25, 0.3) is 11.8 Å². The molecule has 0 saturated carbocycles. The van der Waals surface area contributed by atoms with E-state index in [-0.39, 0.29) is 5.91 Å². The molecule has 5 rings (SSSR count). The topological polar surface area (TPSA) is 37.6 Å². The minimum absolute atomic E-state index is 0.0268. The van der Waals surface area contributed by atoms with E-state index in [1.807, 2.05) is 66.7 Å². The van der Waals surface area contributed by atoms with Crippen molar-refractivity contribution >= 4 is 60.8 Å². The van der Waals surface area contributed by atoms with E-state index in [0.29, 0.717) is 18.0 Å². The van der Waals surface area contributed by atoms with Crippen LogP contribution in [0.15, 0.2) is 104 Å². The second kappa shape index (κ2) is 11.3. The molecular formula is C30H25Br2N3OS. The Labute approximate surface area is 238 Å². The highest BCUT2D eigenvalue weighted by Crippen LogP contribution is 2.38. The van der Waals surface area contributed by atoms with Crippen molar-refractivity contribution < 1.29 is 4.79 Å². The zero-order chi connectivity index (χ0) is 25.9. The zero-order valence-corrected chi connectivity index (χ0v) is 24.5. The normalized spacial score (nSPS) is 15.8. The summed E-state index contributed by atoms with van der Waals surface area (Å²) in [5.41, 5.74) is 6.41. The van der Waals surface area contributed by atoms with Gasteiger partial charge in [0.05, 0.1) is 18.0 Å². The molecule has 0 aliphatic carbocycles. The van der Waals surface area contributed by atoms with Gasteiger partial charge in [0.2, 0.25) is 0 Å². The predicted molar refractivity (Wildman–Crippen MR) is 161 cm³/mol. The molecule has 37 heavy (non-hydrogen) atoms. The van der Waals surface area contributed by atoms with Crippen LogP contribution in [0.4, 0.5) is 0 Å². The quantitative estimate of drug-likeness (QED) is 0.200. The molecule has 186 valence electrons. The van der Waals surface area contributed by atoms with Crippen molar-refractivity contribution in [1.82, 2.24) is 9.47 Å². The molecule has 0 atom stereocenters. The van der Waals surface area contributed by atoms with Gasteiger partial charge in [0.15, 0.2) is 5.17 Å². The van der Waals surface area contributed by atoms with Gasteiger partial charge in [0, 0.05) is 31.6 Å². The van der Waals surface area contributed by atoms with Crippen molar-refractivity contribution in [3.05, 3.63) is 127 Å². The van der Waals surface area contributed by atoms with Crippen LogP contribution in [0, 0.1) is 13.8 Å². The van der Waals surface area contributed by atoms with Gasteiger partial charge in [0.1, 0.15) is 0 Å². The Bertz CT molecular complexity index is 1490. The maximum absolute atomic E-state index is 13.7. The molecule has 1 saturated heterocycles. The monoisotopic (exact) mass is 633 g/mol. The third-order valence-corrected chi connectivity index (χ3v) is 8.86. The minimum Gasteiger partial charge on any atom is -0.317 e. The first kappa shape index (κ1) is 25.8. The van der Waals surface area contributed by atoms with Crippen LogP contribution in [-0.2, 0) is 17.9 Å². The Hall–Kier alpha value is -2.87. The first-order valence-electron chi connectivity index (χ1n) is 11.9. The smallest absolute Gasteiger partial charge is 0.267 e. The highest BCUT2D eigenvalue weighted by atomic mass is 79.9. The van der Waals surface area contributed by atoms with E-state index in [2.05, 4.69) is 74.5 Å². The molecule has 0 spiro atoms. The number of hydrogen-bond acceptors (Lipinski definition) is 3. The lowest BCUT2D eigenvalue weighted by atomic mass is 10.2. The van der Waals surface area contributed by atoms with Crippen LogP contribution in [0.5, 0.6) is 0 Å². The molecular weight excluding hydrogens is 610 g/mol. The lowest BCUT2D eigenvalue weighted by Gasteiger charge is -2.15. The van der Waals surface area contributed by atoms with Gasteiger partial charge < -0.3 is 4.57 Å². The summed E-state index contributed by atoms with van der Waals surface area (Å²) >= 11 is 8.76. The van der Waals surface area contributed by atoms with E-state index >= 15 is 0 Å². The number of benzene rings is 3. The van der Waals surface area contributed by atoms with Crippen LogP contribution in [0.3, 0.4) is 0 Å². The number of hydrogen-bond donors (Lipinski definition) is 0. The van der Waals surface area contributed by atoms with Crippen molar-refractivity contribution in [3.8, 4) is 5.69 Å². The standard InChI is InChI=1S/C30H25Br2N3OS/c1-20-26(28(32)21(2)35(20)25-15-13-24(31)14-16-25)17-27-29(36)34(19-23-11-7-4-8-12-23)30(37-27)33-18-22-9-5-3-6-10-22/h3-17H,18-19H2,1-2H3/b27-17-,33-30?. The second-order valence-corrected chi connectivity index (χ2v) is 11.5. The molecule has 0 bridgehead atoms. The molecule has 0 unspecified atom stereocenters. The number of aliphatic imine (C=N–C) groups is 1. The van der Waals surface area contributed by atoms with E-state index < -0.39 is 0 Å². The highest BCUT2D eigenvalue weighted by Gasteiger charge is 2.34. The van der Waals surface area contributed by atoms with Crippen LogP contribution in [-0.4, -0.2) is 20.5 Å². The van der Waals surface area contributed by atoms with E-state index in [0.717, 1.165) is 47.9 Å². The van der Waals surface area contributed by atoms with Crippen molar-refractivity contribution in [2.45, 2.75) is 26.9 Å². The van der Waals surface area contributed by atoms with E-state index in [1.54, 1.807) is 4.90 Å². The molecule has 7 heteroatoms. The summed E-state index contributed by atoms with van der Waals surface area (Å²) in [6.07, 6.45) is 2.00. The number of rotatable bonds is 6. The minimum atomic E-state index is -0.0268. The van der Waals surface area contributed by atoms with Crippen LogP contribution < -0.4 is 0 Å². The third kappa shape index (κ3) is 5.54. The Balaban J connectivity index is 1.51. The average molecular weight is 635 g/mol. The molecule has 1 aromatic heterocycles. The van der Waals surface area contributed by atoms with Gasteiger partial charge in [-0.05, 0) is 83.0 Å². The highest BCUT2D eigenvalue weighted by molar-refractivity contribution is 9.10. The van der Waals surface area contributed by atoms with Crippen molar-refractivity contribution in [2.75, 3.05) is 0 Å². The SMILES string of the molecule is Cc1c(Br)c(/C=C2\SC(=NCc3ccccc3)N(Cc3ccccc3)C2=O)c(C)n1-c1ccc(Br)cc1. The maximum Gasteiger partial charge on any atom is 0.267 e. The van der Waals surface area contributed by atoms with Gasteiger partial charge in [-0.3, -0.25) is 14.7 Å². The average Bonchev–Trinajstić information content (AvgIpc) is 3.32. The van der Waals surface area contributed by atoms with Gasteiger partial charge in [-0.1, -0.05) is 76.6 Å². The molecule has 1 amide bonds. The summed E-state index contributed by atoms with van der Waals surface area (Å²) in [5, 5.41) is 0.724. The summed E-state index contributed by atoms with van der Waals surface area (Å²) in [5.74, 6) is -0.0268. The molecule has 2 heterocycles. The molecule has 4 aromatic rings. The van der Waals surface area contributed by atoms with E-state index in [9.17, 15) is 4.79 Å². The van der Waals surface area contributed by atoms with Gasteiger partial charge in [0.25, 0.3) is 5.91 Å². The Kier molecular flexibility index (Phi) is 7.84. The summed E-state index contributed by atoms with van der Waals surface area (Å²) in [6.45, 7) is 5.18. The molecule has 4 nitrogen and oxygen atoms in total. The predicted octanol–water partition coefficient (Wildman–Crippen LogP) is 8.29. The summed E-state index contributed by atoms with van der Waals surface area (Å²) in [7, 11) is 0. The van der Waals surface area contributed by atoms with Gasteiger partial charge in [-0.2, -0.15) is 0 Å². The number of thioether (sulfide) groups is 1. The maximum atomic E-state index is 13.7. The fraction of sp³-hybridized carbons (Fsp3) is 0.133. The van der Waals surface area contributed by atoms with Crippen molar-refractivity contribution in [3.63, 3.8) is 0 Å². The molecule has 0 radical (unpaired) electrons. The summed E-state index contributed by atoms with van der Waals surface area (Å²) in [6, 6.07) is 28.4. The summed E-state index contributed by atoms with van der Waals surface area (Å²) < 4.78 is 4.23. The molecule has 1 aliphatic heterocycles. The zero-order valence-electron chi connectivity index (χ0n) is 20.5. The van der Waals surface area contributed by atoms with E-state index in [1.165, 1.54) is 11.8 Å². The van der Waals surface area contributed by atoms with Crippen LogP contribution in [0.1, 0.15) is 28.1 Å². The molecule has 3 aromatic carbocycles. The second-order valence-electron chi connectivity index (χ2n) is 8.78. The number of amidine groups is 1. The third-order valence-electron chi connectivity index (χ3n) is 6.29. The Morgan fingerprint density at radius 2 is 1.46 bits per heavy atom. The van der Waals surface area contributed by atoms with Crippen LogP contribution >= 0.6 is 43.6 Å². The van der Waals surface area contributed by atoms with Crippen LogP contribution in [0.2, 0.25) is 0 Å². The first-order chi connectivity index (χ1) is 17.9. The number of carbonyl (C=O) groups excluding carboxylic acids is 1. The van der Waals surface area contributed by atoms with Gasteiger partial charge in [-0.25, -0.2) is 0 Å².